The van der Waals surface area contributed by atoms with Crippen LogP contribution in [0.3, 0.4) is 0 Å². The highest BCUT2D eigenvalue weighted by molar-refractivity contribution is 6.31. The lowest BCUT2D eigenvalue weighted by molar-refractivity contribution is -0.137. The van der Waals surface area contributed by atoms with Crippen molar-refractivity contribution >= 4 is 34.8 Å². The van der Waals surface area contributed by atoms with Crippen LogP contribution in [0, 0.1) is 12.8 Å². The predicted molar refractivity (Wildman–Crippen MR) is 96.7 cm³/mol. The van der Waals surface area contributed by atoms with Crippen molar-refractivity contribution in [2.75, 3.05) is 16.8 Å². The molecule has 4 nitrogen and oxygen atoms in total. The van der Waals surface area contributed by atoms with Crippen molar-refractivity contribution in [1.82, 2.24) is 0 Å². The first-order chi connectivity index (χ1) is 12.6. The fraction of sp³-hybridized carbons (Fsp3) is 0.263. The molecule has 1 heterocycles. The zero-order chi connectivity index (χ0) is 19.8. The van der Waals surface area contributed by atoms with Gasteiger partial charge in [0.05, 0.1) is 11.5 Å². The molecule has 3 rings (SSSR count). The molecular weight excluding hydrogens is 381 g/mol. The van der Waals surface area contributed by atoms with Crippen molar-refractivity contribution in [3.8, 4) is 0 Å². The molecular formula is C19H16ClF3N2O2. The number of halogens is 4. The smallest absolute Gasteiger partial charge is 0.326 e. The Bertz CT molecular complexity index is 882. The lowest BCUT2D eigenvalue weighted by Crippen LogP contribution is -2.28. The first-order valence-electron chi connectivity index (χ1n) is 8.20. The van der Waals surface area contributed by atoms with E-state index in [1.807, 2.05) is 6.92 Å². The second-order valence-electron chi connectivity index (χ2n) is 6.40. The number of nitrogens with one attached hydrogen (secondary N) is 1. The summed E-state index contributed by atoms with van der Waals surface area (Å²) in [7, 11) is 0. The molecule has 1 fully saturated rings. The molecule has 1 aliphatic heterocycles. The molecule has 27 heavy (non-hydrogen) atoms. The van der Waals surface area contributed by atoms with Crippen LogP contribution < -0.4 is 10.2 Å². The van der Waals surface area contributed by atoms with Gasteiger partial charge in [0, 0.05) is 29.4 Å². The molecule has 1 atom stereocenters. The fourth-order valence-electron chi connectivity index (χ4n) is 2.88. The minimum absolute atomic E-state index is 0.00749. The van der Waals surface area contributed by atoms with Gasteiger partial charge in [0.2, 0.25) is 11.8 Å². The highest BCUT2D eigenvalue weighted by atomic mass is 35.5. The molecule has 0 bridgehead atoms. The van der Waals surface area contributed by atoms with Crippen LogP contribution in [0.5, 0.6) is 0 Å². The van der Waals surface area contributed by atoms with Crippen LogP contribution in [0.1, 0.15) is 17.5 Å². The normalized spacial score (nSPS) is 17.3. The molecule has 0 aromatic heterocycles. The van der Waals surface area contributed by atoms with Gasteiger partial charge >= 0.3 is 6.18 Å². The average Bonchev–Trinajstić information content (AvgIpc) is 2.99. The summed E-state index contributed by atoms with van der Waals surface area (Å²) in [5.41, 5.74) is 0.945. The van der Waals surface area contributed by atoms with Gasteiger partial charge in [-0.2, -0.15) is 13.2 Å². The van der Waals surface area contributed by atoms with E-state index < -0.39 is 17.7 Å². The summed E-state index contributed by atoms with van der Waals surface area (Å²) in [5, 5.41) is 3.24. The van der Waals surface area contributed by atoms with E-state index in [2.05, 4.69) is 5.32 Å². The van der Waals surface area contributed by atoms with E-state index in [1.165, 1.54) is 17.0 Å². The van der Waals surface area contributed by atoms with Gasteiger partial charge in [0.15, 0.2) is 0 Å². The number of alkyl halides is 3. The Kier molecular flexibility index (Phi) is 5.15. The average molecular weight is 397 g/mol. The predicted octanol–water partition coefficient (Wildman–Crippen LogP) is 4.66. The Hall–Kier alpha value is -2.54. The van der Waals surface area contributed by atoms with Gasteiger partial charge in [-0.05, 0) is 48.9 Å². The van der Waals surface area contributed by atoms with Gasteiger partial charge in [0.25, 0.3) is 0 Å². The number of carbonyl (C=O) groups excluding carboxylic acids is 2. The number of carbonyl (C=O) groups is 2. The first-order valence-corrected chi connectivity index (χ1v) is 8.57. The van der Waals surface area contributed by atoms with E-state index in [1.54, 1.807) is 18.2 Å². The largest absolute Gasteiger partial charge is 0.416 e. The number of nitrogens with zero attached hydrogens (tertiary/aromatic N) is 1. The summed E-state index contributed by atoms with van der Waals surface area (Å²) >= 11 is 6.03. The summed E-state index contributed by atoms with van der Waals surface area (Å²) in [4.78, 5) is 26.0. The Morgan fingerprint density at radius 1 is 1.19 bits per heavy atom. The van der Waals surface area contributed by atoms with E-state index in [0.717, 1.165) is 17.7 Å². The second-order valence-corrected chi connectivity index (χ2v) is 6.81. The first kappa shape index (κ1) is 19.2. The van der Waals surface area contributed by atoms with Crippen LogP contribution in [-0.4, -0.2) is 18.4 Å². The molecule has 0 spiro atoms. The van der Waals surface area contributed by atoms with Crippen LogP contribution in [0.15, 0.2) is 42.5 Å². The minimum Gasteiger partial charge on any atom is -0.326 e. The van der Waals surface area contributed by atoms with Gasteiger partial charge in [0.1, 0.15) is 0 Å². The molecule has 2 aromatic rings. The molecule has 1 saturated heterocycles. The van der Waals surface area contributed by atoms with E-state index >= 15 is 0 Å². The van der Waals surface area contributed by atoms with Gasteiger partial charge in [-0.15, -0.1) is 0 Å². The SMILES string of the molecule is Cc1ccc(NC(=O)C2CC(=O)N(c3ccc(C(F)(F)F)cc3)C2)cc1Cl. The van der Waals surface area contributed by atoms with Gasteiger partial charge in [-0.1, -0.05) is 17.7 Å². The number of hydrogen-bond acceptors (Lipinski definition) is 2. The van der Waals surface area contributed by atoms with Crippen molar-refractivity contribution in [3.63, 3.8) is 0 Å². The monoisotopic (exact) mass is 396 g/mol. The molecule has 1 N–H and O–H groups in total. The van der Waals surface area contributed by atoms with E-state index in [0.29, 0.717) is 16.4 Å². The quantitative estimate of drug-likeness (QED) is 0.820. The van der Waals surface area contributed by atoms with Gasteiger partial charge in [-0.3, -0.25) is 9.59 Å². The van der Waals surface area contributed by atoms with Gasteiger partial charge in [-0.25, -0.2) is 0 Å². The summed E-state index contributed by atoms with van der Waals surface area (Å²) in [6, 6.07) is 9.42. The molecule has 8 heteroatoms. The Morgan fingerprint density at radius 2 is 1.85 bits per heavy atom. The number of rotatable bonds is 3. The van der Waals surface area contributed by atoms with Gasteiger partial charge < -0.3 is 10.2 Å². The lowest BCUT2D eigenvalue weighted by Gasteiger charge is -2.17. The summed E-state index contributed by atoms with van der Waals surface area (Å²) < 4.78 is 38.0. The summed E-state index contributed by atoms with van der Waals surface area (Å²) in [6.45, 7) is 1.95. The summed E-state index contributed by atoms with van der Waals surface area (Å²) in [6.07, 6.45) is -4.45. The van der Waals surface area contributed by atoms with Crippen LogP contribution in [-0.2, 0) is 15.8 Å². The molecule has 142 valence electrons. The molecule has 0 aliphatic carbocycles. The maximum Gasteiger partial charge on any atom is 0.416 e. The standard InChI is InChI=1S/C19H16ClF3N2O2/c1-11-2-5-14(9-16(11)20)24-18(27)12-8-17(26)25(10-12)15-6-3-13(4-7-15)19(21,22)23/h2-7,9,12H,8,10H2,1H3,(H,24,27). The van der Waals surface area contributed by atoms with E-state index in [4.69, 9.17) is 11.6 Å². The minimum atomic E-state index is -4.44. The number of hydrogen-bond donors (Lipinski definition) is 1. The van der Waals surface area contributed by atoms with Crippen molar-refractivity contribution in [2.24, 2.45) is 5.92 Å². The Morgan fingerprint density at radius 3 is 2.44 bits per heavy atom. The lowest BCUT2D eigenvalue weighted by atomic mass is 10.1. The van der Waals surface area contributed by atoms with Crippen LogP contribution in [0.25, 0.3) is 0 Å². The molecule has 2 amide bonds. The van der Waals surface area contributed by atoms with Crippen LogP contribution in [0.4, 0.5) is 24.5 Å². The molecule has 2 aromatic carbocycles. The highest BCUT2D eigenvalue weighted by Gasteiger charge is 2.36. The molecule has 1 unspecified atom stereocenters. The van der Waals surface area contributed by atoms with Crippen molar-refractivity contribution < 1.29 is 22.8 Å². The number of amides is 2. The molecule has 0 radical (unpaired) electrons. The zero-order valence-corrected chi connectivity index (χ0v) is 15.1. The molecule has 1 aliphatic rings. The second kappa shape index (κ2) is 7.23. The van der Waals surface area contributed by atoms with Crippen LogP contribution in [0.2, 0.25) is 5.02 Å². The Balaban J connectivity index is 1.69. The maximum atomic E-state index is 12.7. The number of anilines is 2. The molecule has 0 saturated carbocycles. The third-order valence-corrected chi connectivity index (χ3v) is 4.85. The van der Waals surface area contributed by atoms with E-state index in [9.17, 15) is 22.8 Å². The third kappa shape index (κ3) is 4.24. The van der Waals surface area contributed by atoms with Crippen molar-refractivity contribution in [1.29, 1.82) is 0 Å². The fourth-order valence-corrected chi connectivity index (χ4v) is 3.06. The van der Waals surface area contributed by atoms with Crippen LogP contribution >= 0.6 is 11.6 Å². The highest BCUT2D eigenvalue weighted by Crippen LogP contribution is 2.32. The third-order valence-electron chi connectivity index (χ3n) is 4.44. The zero-order valence-electron chi connectivity index (χ0n) is 14.3. The number of benzene rings is 2. The maximum absolute atomic E-state index is 12.7. The van der Waals surface area contributed by atoms with Crippen molar-refractivity contribution in [2.45, 2.75) is 19.5 Å². The van der Waals surface area contributed by atoms with E-state index in [-0.39, 0.29) is 24.8 Å². The Labute approximate surface area is 158 Å². The number of aryl methyl sites for hydroxylation is 1. The topological polar surface area (TPSA) is 49.4 Å². The van der Waals surface area contributed by atoms with Crippen molar-refractivity contribution in [3.05, 3.63) is 58.6 Å². The summed E-state index contributed by atoms with van der Waals surface area (Å²) in [5.74, 6) is -1.24.